The first-order valence-electron chi connectivity index (χ1n) is 1.65. The van der Waals surface area contributed by atoms with Crippen molar-refractivity contribution in [2.24, 2.45) is 0 Å². The molecule has 0 rings (SSSR count). The molecule has 0 heterocycles. The van der Waals surface area contributed by atoms with Crippen LogP contribution in [0, 0.1) is 0 Å². The van der Waals surface area contributed by atoms with Crippen molar-refractivity contribution in [1.29, 1.82) is 0 Å². The van der Waals surface area contributed by atoms with Crippen LogP contribution in [0.1, 0.15) is 6.92 Å². The van der Waals surface area contributed by atoms with Crippen LogP contribution in [0.5, 0.6) is 0 Å². The van der Waals surface area contributed by atoms with Gasteiger partial charge in [-0.05, 0) is 0 Å². The van der Waals surface area contributed by atoms with E-state index in [0.29, 0.717) is 0 Å². The first-order chi connectivity index (χ1) is 2.27. The van der Waals surface area contributed by atoms with Gasteiger partial charge >= 0.3 is 33.9 Å². The quantitative estimate of drug-likeness (QED) is 0.378. The van der Waals surface area contributed by atoms with E-state index in [0.717, 1.165) is 5.36 Å². The Bertz CT molecular complexity index is 40.2. The molecular weight excluding hydrogens is 57.7 g/mol. The molecule has 5 heavy (non-hydrogen) atoms. The van der Waals surface area contributed by atoms with E-state index < -0.39 is 0 Å². The van der Waals surface area contributed by atoms with Crippen LogP contribution in [-0.4, -0.2) is 20.1 Å². The number of hydrogen-bond donors (Lipinski definition) is 0. The summed E-state index contributed by atoms with van der Waals surface area (Å²) in [6, 6.07) is 0. The van der Waals surface area contributed by atoms with Crippen LogP contribution in [0.2, 0.25) is 6.82 Å². The van der Waals surface area contributed by atoms with E-state index in [1.165, 1.54) is 0 Å². The first-order valence-corrected chi connectivity index (χ1v) is 1.65. The van der Waals surface area contributed by atoms with E-state index in [1.54, 1.807) is 0 Å². The molecule has 0 aromatic heterocycles. The summed E-state index contributed by atoms with van der Waals surface area (Å²) in [5.74, 6) is 0. The van der Waals surface area contributed by atoms with Crippen LogP contribution in [0.15, 0.2) is 0 Å². The normalized spacial score (nSPS) is 6.60. The average Bonchev–Trinajstić information content (AvgIpc) is 1.38. The van der Waals surface area contributed by atoms with Gasteiger partial charge in [0.2, 0.25) is 0 Å². The Kier molecular flexibility index (Phi) is 2.25. The summed E-state index contributed by atoms with van der Waals surface area (Å²) in [7, 11) is 7.01. The Morgan fingerprint density at radius 2 is 2.00 bits per heavy atom. The summed E-state index contributed by atoms with van der Waals surface area (Å²) in [6.07, 6.45) is 0. The number of hydrogen-bond acceptors (Lipinski definition) is 0. The molecule has 2 heteroatoms. The summed E-state index contributed by atoms with van der Waals surface area (Å²) >= 11 is 0. The molecule has 2 radical (unpaired) electrons. The second-order valence-electron chi connectivity index (χ2n) is 1.03. The Labute approximate surface area is 34.9 Å². The van der Waals surface area contributed by atoms with E-state index in [4.69, 9.17) is 7.49 Å². The van der Waals surface area contributed by atoms with Gasteiger partial charge < -0.3 is 0 Å². The minimum atomic E-state index is 0.880. The molecule has 0 aliphatic rings. The third-order valence-electron chi connectivity index (χ3n) is 0.455. The molecule has 0 fully saturated rings. The molecule has 0 atom stereocenters. The first kappa shape index (κ1) is 5.00. The summed E-state index contributed by atoms with van der Waals surface area (Å²) in [5, 5.41) is 0.880. The van der Waals surface area contributed by atoms with E-state index >= 15 is 0 Å². The molecule has 0 N–H and O–H groups in total. The van der Waals surface area contributed by atoms with Crippen LogP contribution in [0.4, 0.5) is 0 Å². The fourth-order valence-electron chi connectivity index (χ4n) is 0. The second kappa shape index (κ2) is 2.25. The van der Waals surface area contributed by atoms with Gasteiger partial charge in [0.15, 0.2) is 0 Å². The molecule has 24 valence electrons. The molecule has 0 amide bonds. The van der Waals surface area contributed by atoms with Crippen LogP contribution in [-0.2, 0) is 0 Å². The zero-order valence-corrected chi connectivity index (χ0v) is 3.65. The Morgan fingerprint density at radius 3 is 2.00 bits per heavy atom. The predicted molar refractivity (Wildman–Crippen MR) is 28.1 cm³/mol. The SMILES string of the molecule is [B]=C(C)[B]C. The molecule has 0 aromatic rings. The van der Waals surface area contributed by atoms with E-state index in [-0.39, 0.29) is 0 Å². The maximum absolute atomic E-state index is 5.15. The molecule has 0 unspecified atom stereocenters. The van der Waals surface area contributed by atoms with Crippen LogP contribution < -0.4 is 0 Å². The monoisotopic (exact) mass is 64.1 g/mol. The molecule has 0 bridgehead atoms. The van der Waals surface area contributed by atoms with Gasteiger partial charge in [0.05, 0.1) is 0 Å². The van der Waals surface area contributed by atoms with Gasteiger partial charge in [-0.1, -0.05) is 0 Å². The molecule has 0 aliphatic carbocycles. The predicted octanol–water partition coefficient (Wildman–Crippen LogP) is 0.0570. The van der Waals surface area contributed by atoms with Crippen molar-refractivity contribution in [3.8, 4) is 0 Å². The van der Waals surface area contributed by atoms with E-state index in [1.807, 2.05) is 21.0 Å². The summed E-state index contributed by atoms with van der Waals surface area (Å²) in [5.41, 5.74) is 0. The zero-order chi connectivity index (χ0) is 4.28. The van der Waals surface area contributed by atoms with Gasteiger partial charge in [-0.2, -0.15) is 0 Å². The molecular formula is C3H6B2. The minimum absolute atomic E-state index is 0.880. The molecule has 0 saturated heterocycles. The third-order valence-corrected chi connectivity index (χ3v) is 0.455. The van der Waals surface area contributed by atoms with Crippen molar-refractivity contribution in [1.82, 2.24) is 0 Å². The summed E-state index contributed by atoms with van der Waals surface area (Å²) < 4.78 is 0. The number of rotatable bonds is 1. The standard InChI is InChI=1S/C3H6B2/c1-3(4)5-2/h1-2H3. The summed E-state index contributed by atoms with van der Waals surface area (Å²) in [4.78, 5) is 0. The van der Waals surface area contributed by atoms with Crippen molar-refractivity contribution in [2.45, 2.75) is 13.7 Å². The van der Waals surface area contributed by atoms with Crippen LogP contribution >= 0.6 is 0 Å². The van der Waals surface area contributed by atoms with Crippen molar-refractivity contribution in [3.05, 3.63) is 0 Å². The topological polar surface area (TPSA) is 0 Å². The molecule has 0 nitrogen and oxygen atoms in total. The van der Waals surface area contributed by atoms with Crippen LogP contribution in [0.25, 0.3) is 0 Å². The Morgan fingerprint density at radius 1 is 1.80 bits per heavy atom. The van der Waals surface area contributed by atoms with Gasteiger partial charge in [-0.15, -0.1) is 0 Å². The molecule has 0 saturated carbocycles. The van der Waals surface area contributed by atoms with Crippen molar-refractivity contribution in [3.63, 3.8) is 0 Å². The van der Waals surface area contributed by atoms with E-state index in [2.05, 4.69) is 0 Å². The van der Waals surface area contributed by atoms with E-state index in [9.17, 15) is 0 Å². The van der Waals surface area contributed by atoms with Crippen molar-refractivity contribution in [2.75, 3.05) is 0 Å². The van der Waals surface area contributed by atoms with Crippen molar-refractivity contribution < 1.29 is 0 Å². The Hall–Kier alpha value is -0.000130. The zero-order valence-electron chi connectivity index (χ0n) is 3.65. The molecule has 0 aromatic carbocycles. The van der Waals surface area contributed by atoms with Crippen LogP contribution in [0.3, 0.4) is 0 Å². The maximum atomic E-state index is 5.15. The van der Waals surface area contributed by atoms with Gasteiger partial charge in [-0.25, -0.2) is 0 Å². The second-order valence-corrected chi connectivity index (χ2v) is 1.03. The fraction of sp³-hybridized carbons (Fsp3) is 0.667. The van der Waals surface area contributed by atoms with Gasteiger partial charge in [0, 0.05) is 0 Å². The van der Waals surface area contributed by atoms with Gasteiger partial charge in [0.25, 0.3) is 0 Å². The Balaban J connectivity index is 2.85. The fourth-order valence-corrected chi connectivity index (χ4v) is 0. The van der Waals surface area contributed by atoms with Gasteiger partial charge in [-0.3, -0.25) is 0 Å². The summed E-state index contributed by atoms with van der Waals surface area (Å²) in [6.45, 7) is 3.77. The third kappa shape index (κ3) is 4.00. The average molecular weight is 63.7 g/mol. The molecule has 0 spiro atoms. The van der Waals surface area contributed by atoms with Crippen molar-refractivity contribution >= 4 is 20.1 Å². The van der Waals surface area contributed by atoms with Gasteiger partial charge in [0.1, 0.15) is 0 Å². The molecule has 0 aliphatic heterocycles.